The van der Waals surface area contributed by atoms with Crippen molar-refractivity contribution in [2.75, 3.05) is 19.8 Å². The van der Waals surface area contributed by atoms with Gasteiger partial charge in [0.15, 0.2) is 42.0 Å². The van der Waals surface area contributed by atoms with Crippen LogP contribution < -0.4 is 0 Å². The molecular weight excluding hydrogens is 959 g/mol. The van der Waals surface area contributed by atoms with E-state index in [1.807, 2.05) is 51.1 Å². The van der Waals surface area contributed by atoms with E-state index in [4.69, 9.17) is 72.1 Å². The molecule has 2 aromatic rings. The van der Waals surface area contributed by atoms with Gasteiger partial charge in [0.1, 0.15) is 61.5 Å². The summed E-state index contributed by atoms with van der Waals surface area (Å²) < 4.78 is 97.6. The zero-order valence-corrected chi connectivity index (χ0v) is 41.5. The highest BCUT2D eigenvalue weighted by molar-refractivity contribution is 7.86. The van der Waals surface area contributed by atoms with Gasteiger partial charge in [-0.2, -0.15) is 8.42 Å². The number of azide groups is 2. The number of amides is 1. The zero-order valence-electron chi connectivity index (χ0n) is 40.6. The fraction of sp³-hybridized carbons (Fsp3) is 0.711. The minimum absolute atomic E-state index is 0.0236. The van der Waals surface area contributed by atoms with Gasteiger partial charge in [-0.05, 0) is 91.1 Å². The highest BCUT2D eigenvalue weighted by Gasteiger charge is 2.63. The molecule has 8 fully saturated rings. The Hall–Kier alpha value is -4.28. The van der Waals surface area contributed by atoms with Crippen LogP contribution in [-0.2, 0) is 77.8 Å². The van der Waals surface area contributed by atoms with E-state index in [1.54, 1.807) is 53.7 Å². The molecule has 10 rings (SSSR count). The van der Waals surface area contributed by atoms with Gasteiger partial charge >= 0.3 is 6.09 Å². The highest BCUT2D eigenvalue weighted by atomic mass is 32.2. The number of β-amino-alcohol motifs (C(OH)–C–C–N with tert-alkyl or cyclic N) is 1. The molecule has 0 aromatic heterocycles. The molecule has 0 saturated carbocycles. The number of ether oxygens (including phenoxy) is 12. The standard InChI is InChI=1S/C17H21NO6.C16H21N3O7S.C12H19N3O5/c1-17(2)23-14-12-13(22-15(14)24-17)11(19)8-18(12)16(20)21-9-10-6-4-3-5-7-10;1-9-4-6-10(7-5-9)27(21,22)23-8-11(20)13-12(18-19-17)14-15(24-13)26-16(2,3)25-14;1-11(2)16-5-6(18-11)8-7(14-15-13)9-10(17-8)20-12(3,4)19-9/h3-7,11-15,19H,8-9H2,1-2H3;4-7,11-15,20H,8H2,1-3H3;6-10H,5H2,1-4H3/t11-,12?,13+,14-,15-;11-,12-,13+,14-,15-;6-,7-,8+,9-,10-/m111/s1. The van der Waals surface area contributed by atoms with E-state index >= 15 is 0 Å². The fourth-order valence-corrected chi connectivity index (χ4v) is 10.5. The van der Waals surface area contributed by atoms with Gasteiger partial charge in [-0.25, -0.2) is 4.79 Å². The van der Waals surface area contributed by atoms with E-state index in [9.17, 15) is 23.4 Å². The molecule has 1 amide bonds. The predicted octanol–water partition coefficient (Wildman–Crippen LogP) is 4.55. The Morgan fingerprint density at radius 2 is 1.30 bits per heavy atom. The van der Waals surface area contributed by atoms with E-state index in [2.05, 4.69) is 20.1 Å². The second kappa shape index (κ2) is 20.6. The number of likely N-dealkylation sites (tertiary alicyclic amines) is 1. The molecule has 26 heteroatoms. The number of carbonyl (C=O) groups excluding carboxylic acids is 1. The van der Waals surface area contributed by atoms with Crippen molar-refractivity contribution in [1.82, 2.24) is 4.90 Å². The van der Waals surface area contributed by atoms with Gasteiger partial charge in [0, 0.05) is 9.82 Å². The lowest BCUT2D eigenvalue weighted by Crippen LogP contribution is -2.46. The highest BCUT2D eigenvalue weighted by Crippen LogP contribution is 2.45. The number of hydrogen-bond donors (Lipinski definition) is 2. The van der Waals surface area contributed by atoms with Crippen molar-refractivity contribution in [2.24, 2.45) is 10.2 Å². The number of carbonyl (C=O) groups is 1. The third-order valence-corrected chi connectivity index (χ3v) is 13.9. The number of aliphatic hydroxyl groups is 2. The third kappa shape index (κ3) is 11.9. The smallest absolute Gasteiger partial charge is 0.410 e. The Bertz CT molecular complexity index is 2420. The molecular formula is C45H61N7O18S. The Morgan fingerprint density at radius 1 is 0.746 bits per heavy atom. The van der Waals surface area contributed by atoms with Gasteiger partial charge < -0.3 is 67.1 Å². The fourth-order valence-electron chi connectivity index (χ4n) is 9.56. The lowest BCUT2D eigenvalue weighted by Gasteiger charge is -2.27. The molecule has 0 spiro atoms. The summed E-state index contributed by atoms with van der Waals surface area (Å²) in [4.78, 5) is 19.6. The van der Waals surface area contributed by atoms with Crippen LogP contribution in [0.4, 0.5) is 4.79 Å². The van der Waals surface area contributed by atoms with Crippen LogP contribution in [0.3, 0.4) is 0 Å². The Morgan fingerprint density at radius 3 is 1.89 bits per heavy atom. The van der Waals surface area contributed by atoms with Crippen molar-refractivity contribution >= 4 is 16.2 Å². The maximum Gasteiger partial charge on any atom is 0.410 e. The summed E-state index contributed by atoms with van der Waals surface area (Å²) in [7, 11) is -4.05. The maximum absolute atomic E-state index is 12.5. The number of aryl methyl sites for hydroxylation is 1. The van der Waals surface area contributed by atoms with E-state index in [0.717, 1.165) is 11.1 Å². The number of rotatable bonds is 10. The van der Waals surface area contributed by atoms with Crippen molar-refractivity contribution in [3.05, 3.63) is 86.6 Å². The van der Waals surface area contributed by atoms with Gasteiger partial charge in [0.25, 0.3) is 10.1 Å². The number of hydrogen-bond acceptors (Lipinski definition) is 20. The van der Waals surface area contributed by atoms with E-state index in [-0.39, 0.29) is 24.2 Å². The summed E-state index contributed by atoms with van der Waals surface area (Å²) in [5, 5.41) is 28.0. The average Bonchev–Trinajstić information content (AvgIpc) is 4.18. The van der Waals surface area contributed by atoms with Crippen LogP contribution in [0, 0.1) is 6.92 Å². The number of fused-ring (bicyclic) bond motifs is 5. The molecule has 2 aromatic carbocycles. The molecule has 8 aliphatic rings. The molecule has 0 radical (unpaired) electrons. The SMILES string of the molecule is CC1(C)O[C@H]2O[C@@H]([C@H]3COC(C)(C)O3)[C@@H](N=[N+]=[N-])[C@H]2O1.CC1(C)O[C@H]2O[C@@H]3C([C@H]2O1)N(C(=O)OCc1ccccc1)C[C@H]3O.Cc1ccc(S(=O)(=O)OC[C@@H](O)[C@@H]2O[C@@H]3OC(C)(C)O[C@@H]3[C@@H]2N=[N+]=[N-])cc1. The second-order valence-corrected chi connectivity index (χ2v) is 21.5. The lowest BCUT2D eigenvalue weighted by atomic mass is 10.0. The van der Waals surface area contributed by atoms with E-state index < -0.39 is 132 Å². The van der Waals surface area contributed by atoms with Gasteiger partial charge in [-0.3, -0.25) is 9.08 Å². The molecule has 25 nitrogen and oxygen atoms in total. The van der Waals surface area contributed by atoms with Crippen LogP contribution in [0.1, 0.15) is 66.5 Å². The summed E-state index contributed by atoms with van der Waals surface area (Å²) in [5.74, 6) is -3.09. The van der Waals surface area contributed by atoms with E-state index in [0.29, 0.717) is 6.61 Å². The van der Waals surface area contributed by atoms with Crippen LogP contribution in [0.25, 0.3) is 20.9 Å². The van der Waals surface area contributed by atoms with Crippen LogP contribution in [0.2, 0.25) is 0 Å². The quantitative estimate of drug-likeness (QED) is 0.143. The Balaban J connectivity index is 0.000000144. The summed E-state index contributed by atoms with van der Waals surface area (Å²) in [6.07, 6.45) is -8.41. The summed E-state index contributed by atoms with van der Waals surface area (Å²) in [6.45, 7) is 16.2. The van der Waals surface area contributed by atoms with Crippen molar-refractivity contribution in [3.63, 3.8) is 0 Å². The Labute approximate surface area is 410 Å². The minimum atomic E-state index is -4.05. The van der Waals surface area contributed by atoms with Crippen molar-refractivity contribution in [3.8, 4) is 0 Å². The minimum Gasteiger partial charge on any atom is -0.445 e. The summed E-state index contributed by atoms with van der Waals surface area (Å²) in [6, 6.07) is 13.8. The van der Waals surface area contributed by atoms with Crippen molar-refractivity contribution < 1.29 is 84.5 Å². The molecule has 8 aliphatic heterocycles. The monoisotopic (exact) mass is 1020 g/mol. The maximum atomic E-state index is 12.5. The Kier molecular flexibility index (Phi) is 15.4. The molecule has 2 N–H and O–H groups in total. The topological polar surface area (TPSA) is 312 Å². The molecule has 0 aliphatic carbocycles. The number of benzene rings is 2. The number of aliphatic hydroxyl groups excluding tert-OH is 2. The van der Waals surface area contributed by atoms with Gasteiger partial charge in [-0.15, -0.1) is 0 Å². The van der Waals surface area contributed by atoms with Gasteiger partial charge in [0.05, 0.1) is 42.8 Å². The molecule has 15 atom stereocenters. The van der Waals surface area contributed by atoms with Gasteiger partial charge in [-0.1, -0.05) is 58.3 Å². The molecule has 8 saturated heterocycles. The first kappa shape index (κ1) is 53.0. The predicted molar refractivity (Wildman–Crippen MR) is 240 cm³/mol. The average molecular weight is 1020 g/mol. The summed E-state index contributed by atoms with van der Waals surface area (Å²) in [5.41, 5.74) is 19.4. The molecule has 390 valence electrons. The largest absolute Gasteiger partial charge is 0.445 e. The third-order valence-electron chi connectivity index (χ3n) is 12.6. The first-order valence-corrected chi connectivity index (χ1v) is 24.5. The molecule has 0 bridgehead atoms. The van der Waals surface area contributed by atoms with Crippen LogP contribution in [0.15, 0.2) is 69.7 Å². The number of nitrogens with zero attached hydrogens (tertiary/aromatic N) is 7. The van der Waals surface area contributed by atoms with E-state index in [1.165, 1.54) is 17.0 Å². The van der Waals surface area contributed by atoms with Crippen LogP contribution in [-0.4, -0.2) is 164 Å². The van der Waals surface area contributed by atoms with Crippen LogP contribution >= 0.6 is 0 Å². The second-order valence-electron chi connectivity index (χ2n) is 19.8. The van der Waals surface area contributed by atoms with Crippen molar-refractivity contribution in [1.29, 1.82) is 0 Å². The molecule has 8 heterocycles. The molecule has 71 heavy (non-hydrogen) atoms. The normalized spacial score (nSPS) is 36.6. The van der Waals surface area contributed by atoms with Crippen molar-refractivity contribution in [2.45, 2.75) is 189 Å². The summed E-state index contributed by atoms with van der Waals surface area (Å²) >= 11 is 0. The lowest BCUT2D eigenvalue weighted by molar-refractivity contribution is -0.222. The molecule has 1 unspecified atom stereocenters. The van der Waals surface area contributed by atoms with Crippen LogP contribution in [0.5, 0.6) is 0 Å². The van der Waals surface area contributed by atoms with Gasteiger partial charge in [0.2, 0.25) is 0 Å². The zero-order chi connectivity index (χ0) is 51.3. The first-order valence-electron chi connectivity index (χ1n) is 23.1. The first-order chi connectivity index (χ1) is 33.4.